The van der Waals surface area contributed by atoms with Crippen LogP contribution in [0.25, 0.3) is 0 Å². The Kier molecular flexibility index (Phi) is 16.4. The fraction of sp³-hybridized carbons (Fsp3) is 0.439. The van der Waals surface area contributed by atoms with E-state index in [1.807, 2.05) is 0 Å². The number of nitrogens with zero attached hydrogens (tertiary/aromatic N) is 3. The third-order valence-corrected chi connectivity index (χ3v) is 9.36. The van der Waals surface area contributed by atoms with Crippen molar-refractivity contribution in [2.24, 2.45) is 11.8 Å². The van der Waals surface area contributed by atoms with Crippen LogP contribution in [0.1, 0.15) is 76.9 Å². The molecule has 15 nitrogen and oxygen atoms in total. The summed E-state index contributed by atoms with van der Waals surface area (Å²) in [6.45, 7) is 18.6. The number of carboxylic acids is 1. The molecule has 1 unspecified atom stereocenters. The fourth-order valence-corrected chi connectivity index (χ4v) is 6.39. The summed E-state index contributed by atoms with van der Waals surface area (Å²) in [5.74, 6) is -7.21. The molecule has 1 aromatic heterocycles. The summed E-state index contributed by atoms with van der Waals surface area (Å²) < 4.78 is 0. The lowest BCUT2D eigenvalue weighted by Gasteiger charge is -2.32. The molecule has 15 heteroatoms. The lowest BCUT2D eigenvalue weighted by atomic mass is 9.88. The van der Waals surface area contributed by atoms with Crippen LogP contribution in [-0.4, -0.2) is 98.0 Å². The third kappa shape index (κ3) is 12.0. The van der Waals surface area contributed by atoms with Gasteiger partial charge in [-0.2, -0.15) is 0 Å². The first-order valence-electron chi connectivity index (χ1n) is 18.6. The van der Waals surface area contributed by atoms with E-state index in [0.29, 0.717) is 35.1 Å². The van der Waals surface area contributed by atoms with Crippen molar-refractivity contribution in [2.45, 2.75) is 97.4 Å². The minimum atomic E-state index is -1.41. The zero-order valence-electron chi connectivity index (χ0n) is 32.8. The molecule has 0 bridgehead atoms. The second kappa shape index (κ2) is 20.6. The van der Waals surface area contributed by atoms with Crippen LogP contribution in [0.15, 0.2) is 84.9 Å². The first-order chi connectivity index (χ1) is 26.5. The number of ketones is 1. The van der Waals surface area contributed by atoms with E-state index < -0.39 is 83.3 Å². The number of carbonyl (C=O) groups excluding carboxylic acids is 6. The molecular weight excluding hydrogens is 718 g/mol. The van der Waals surface area contributed by atoms with E-state index in [1.54, 1.807) is 78.0 Å². The number of aliphatic carboxylic acids is 1. The number of rotatable bonds is 19. The van der Waals surface area contributed by atoms with Gasteiger partial charge in [0.15, 0.2) is 0 Å². The van der Waals surface area contributed by atoms with Crippen LogP contribution < -0.4 is 21.3 Å². The van der Waals surface area contributed by atoms with Crippen molar-refractivity contribution in [3.8, 4) is 0 Å². The smallest absolute Gasteiger partial charge is 0.326 e. The monoisotopic (exact) mass is 771 g/mol. The quantitative estimate of drug-likeness (QED) is 0.0800. The molecule has 300 valence electrons. The first kappa shape index (κ1) is 44.4. The molecular formula is C41H53N7O8. The van der Waals surface area contributed by atoms with Crippen molar-refractivity contribution in [2.75, 3.05) is 6.54 Å². The maximum absolute atomic E-state index is 14.4. The predicted molar refractivity (Wildman–Crippen MR) is 209 cm³/mol. The number of aromatic nitrogens is 2. The van der Waals surface area contributed by atoms with Gasteiger partial charge in [0.05, 0.1) is 12.2 Å². The number of hydrogen-bond donors (Lipinski definition) is 5. The second-order valence-corrected chi connectivity index (χ2v) is 14.5. The Morgan fingerprint density at radius 3 is 2.18 bits per heavy atom. The molecule has 1 aliphatic heterocycles. The summed E-state index contributed by atoms with van der Waals surface area (Å²) in [6, 6.07) is 2.32. The minimum Gasteiger partial charge on any atom is -0.480 e. The number of allylic oxidation sites excluding steroid dienone is 2. The van der Waals surface area contributed by atoms with Crippen LogP contribution in [0, 0.1) is 11.8 Å². The van der Waals surface area contributed by atoms with Crippen molar-refractivity contribution < 1.29 is 38.7 Å². The van der Waals surface area contributed by atoms with E-state index in [9.17, 15) is 38.7 Å². The topological polar surface area (TPSA) is 217 Å². The number of Topliss-reactive ketones (excluding diaryl/α,β-unsaturated/α-hetero) is 1. The maximum Gasteiger partial charge on any atom is 0.326 e. The van der Waals surface area contributed by atoms with Crippen LogP contribution in [-0.2, 0) is 35.2 Å². The van der Waals surface area contributed by atoms with E-state index in [-0.39, 0.29) is 25.1 Å². The number of carboxylic acid groups (broad SMARTS) is 1. The third-order valence-electron chi connectivity index (χ3n) is 9.36. The molecule has 1 aliphatic rings. The summed E-state index contributed by atoms with van der Waals surface area (Å²) in [6.07, 6.45) is 6.22. The van der Waals surface area contributed by atoms with E-state index in [2.05, 4.69) is 44.4 Å². The molecule has 56 heavy (non-hydrogen) atoms. The highest BCUT2D eigenvalue weighted by atomic mass is 16.4. The average Bonchev–Trinajstić information content (AvgIpc) is 3.60. The van der Waals surface area contributed by atoms with Crippen LogP contribution in [0.3, 0.4) is 0 Å². The number of benzene rings is 1. The highest BCUT2D eigenvalue weighted by Crippen LogP contribution is 2.34. The number of nitrogens with one attached hydrogen (secondary N) is 4. The second-order valence-electron chi connectivity index (χ2n) is 14.5. The standard InChI is InChI=1S/C41H53N7O8/c1-9-13-29(35(49)39(53)46-31(41(55)56)21-27-14-11-10-12-15-27)44-38(52)34-28(26(8)24(4)5)16-19-48(34)40(54)30(20-23(2)3)45-37(51)33(25(6)7)47-36(50)32-22-42-17-18-43-32/h10-12,14-15,17-18,20,22,25,28-31,33-34H,4,8-9,13,16,19,21H2,1-3,5-7H3,(H,44,52)(H,45,51)(H,46,53)(H,47,50)(H,55,56)/t28-,29?,30+,31+,33+,34+/m1/s1. The summed E-state index contributed by atoms with van der Waals surface area (Å²) in [5.41, 5.74) is 2.41. The molecule has 0 saturated carbocycles. The lowest BCUT2D eigenvalue weighted by Crippen LogP contribution is -2.59. The fourth-order valence-electron chi connectivity index (χ4n) is 6.39. The summed E-state index contributed by atoms with van der Waals surface area (Å²) in [5, 5.41) is 20.2. The highest BCUT2D eigenvalue weighted by molar-refractivity contribution is 6.38. The zero-order chi connectivity index (χ0) is 41.7. The molecule has 0 radical (unpaired) electrons. The Morgan fingerprint density at radius 2 is 1.62 bits per heavy atom. The Bertz CT molecular complexity index is 1820. The van der Waals surface area contributed by atoms with Crippen LogP contribution in [0.4, 0.5) is 0 Å². The van der Waals surface area contributed by atoms with E-state index in [0.717, 1.165) is 0 Å². The van der Waals surface area contributed by atoms with Crippen molar-refractivity contribution in [3.63, 3.8) is 0 Å². The zero-order valence-corrected chi connectivity index (χ0v) is 32.8. The van der Waals surface area contributed by atoms with Crippen LogP contribution >= 0.6 is 0 Å². The first-order valence-corrected chi connectivity index (χ1v) is 18.6. The number of hydrogen-bond acceptors (Lipinski definition) is 9. The van der Waals surface area contributed by atoms with Gasteiger partial charge in [-0.1, -0.05) is 87.9 Å². The van der Waals surface area contributed by atoms with Gasteiger partial charge in [0.25, 0.3) is 11.8 Å². The van der Waals surface area contributed by atoms with Gasteiger partial charge in [-0.15, -0.1) is 0 Å². The van der Waals surface area contributed by atoms with Gasteiger partial charge in [-0.05, 0) is 50.7 Å². The van der Waals surface area contributed by atoms with Gasteiger partial charge in [0.2, 0.25) is 23.5 Å². The molecule has 1 aromatic carbocycles. The van der Waals surface area contributed by atoms with E-state index in [1.165, 1.54) is 23.5 Å². The van der Waals surface area contributed by atoms with Crippen LogP contribution in [0.5, 0.6) is 0 Å². The number of amides is 5. The Morgan fingerprint density at radius 1 is 0.946 bits per heavy atom. The van der Waals surface area contributed by atoms with Gasteiger partial charge in [-0.3, -0.25) is 33.8 Å². The summed E-state index contributed by atoms with van der Waals surface area (Å²) in [4.78, 5) is 103. The Hall–Kier alpha value is -5.99. The van der Waals surface area contributed by atoms with Crippen molar-refractivity contribution in [3.05, 3.63) is 96.1 Å². The molecule has 3 rings (SSSR count). The van der Waals surface area contributed by atoms with Gasteiger partial charge < -0.3 is 31.3 Å². The van der Waals surface area contributed by atoms with Crippen molar-refractivity contribution in [1.29, 1.82) is 0 Å². The molecule has 2 heterocycles. The summed E-state index contributed by atoms with van der Waals surface area (Å²) in [7, 11) is 0. The molecule has 0 spiro atoms. The van der Waals surface area contributed by atoms with Gasteiger partial charge in [-0.25, -0.2) is 9.78 Å². The largest absolute Gasteiger partial charge is 0.480 e. The van der Waals surface area contributed by atoms with Gasteiger partial charge in [0.1, 0.15) is 29.9 Å². The highest BCUT2D eigenvalue weighted by Gasteiger charge is 2.46. The molecule has 5 N–H and O–H groups in total. The lowest BCUT2D eigenvalue weighted by molar-refractivity contribution is -0.146. The molecule has 1 saturated heterocycles. The number of likely N-dealkylation sites (tertiary alicyclic amines) is 1. The number of carbonyl (C=O) groups is 7. The Balaban J connectivity index is 1.89. The maximum atomic E-state index is 14.4. The Labute approximate surface area is 327 Å². The molecule has 5 amide bonds. The predicted octanol–water partition coefficient (Wildman–Crippen LogP) is 2.70. The van der Waals surface area contributed by atoms with Gasteiger partial charge >= 0.3 is 5.97 Å². The summed E-state index contributed by atoms with van der Waals surface area (Å²) >= 11 is 0. The van der Waals surface area contributed by atoms with Gasteiger partial charge in [0, 0.05) is 31.3 Å². The normalized spacial score (nSPS) is 17.0. The molecule has 0 aliphatic carbocycles. The SMILES string of the molecule is C=C(C)C(=C)[C@H]1CCN(C(=O)[C@H](C=C(C)C)NC(=O)[C@@H](NC(=O)c2cnccn2)C(C)C)[C@@H]1C(=O)NC(CCC)C(=O)C(=O)N[C@@H](Cc1ccccc1)C(=O)O. The van der Waals surface area contributed by atoms with E-state index >= 15 is 0 Å². The molecule has 6 atom stereocenters. The van der Waals surface area contributed by atoms with Crippen LogP contribution in [0.2, 0.25) is 0 Å². The van der Waals surface area contributed by atoms with E-state index in [4.69, 9.17) is 0 Å². The van der Waals surface area contributed by atoms with Crippen molar-refractivity contribution in [1.82, 2.24) is 36.1 Å². The van der Waals surface area contributed by atoms with Crippen molar-refractivity contribution >= 4 is 41.3 Å². The molecule has 1 fully saturated rings. The molecule has 2 aromatic rings. The minimum absolute atomic E-state index is 0.00352. The average molecular weight is 772 g/mol.